The fraction of sp³-hybridized carbons (Fsp3) is 0. The van der Waals surface area contributed by atoms with Gasteiger partial charge in [-0.2, -0.15) is 0 Å². The maximum absolute atomic E-state index is 6.70. The van der Waals surface area contributed by atoms with Crippen molar-refractivity contribution >= 4 is 76.5 Å². The van der Waals surface area contributed by atoms with Crippen molar-refractivity contribution in [2.24, 2.45) is 0 Å². The first-order valence-electron chi connectivity index (χ1n) is 18.3. The highest BCUT2D eigenvalue weighted by atomic mass is 16.3. The van der Waals surface area contributed by atoms with Crippen LogP contribution < -0.4 is 0 Å². The Morgan fingerprint density at radius 1 is 0.364 bits per heavy atom. The first kappa shape index (κ1) is 29.9. The molecule has 6 heteroatoms. The number of nitrogens with zero attached hydrogens (tertiary/aromatic N) is 4. The van der Waals surface area contributed by atoms with E-state index in [2.05, 4.69) is 108 Å². The van der Waals surface area contributed by atoms with Crippen molar-refractivity contribution in [2.45, 2.75) is 0 Å². The molecular weight excluding hydrogens is 677 g/mol. The fourth-order valence-electron chi connectivity index (χ4n) is 8.25. The number of benzene rings is 8. The van der Waals surface area contributed by atoms with Gasteiger partial charge in [-0.25, -0.2) is 15.0 Å². The van der Waals surface area contributed by atoms with Gasteiger partial charge in [0.2, 0.25) is 0 Å². The molecule has 0 saturated carbocycles. The van der Waals surface area contributed by atoms with Gasteiger partial charge in [0.05, 0.1) is 16.6 Å². The third kappa shape index (κ3) is 4.58. The molecule has 0 fully saturated rings. The van der Waals surface area contributed by atoms with Crippen LogP contribution in [0.3, 0.4) is 0 Å². The van der Waals surface area contributed by atoms with Crippen LogP contribution in [0.2, 0.25) is 0 Å². The normalized spacial score (nSPS) is 12.0. The molecule has 4 heterocycles. The molecule has 0 bridgehead atoms. The van der Waals surface area contributed by atoms with E-state index in [1.54, 1.807) is 0 Å². The number of fused-ring (bicyclic) bond motifs is 10. The van der Waals surface area contributed by atoms with E-state index in [9.17, 15) is 0 Å². The number of rotatable bonds is 4. The number of hydrogen-bond donors (Lipinski definition) is 0. The van der Waals surface area contributed by atoms with Gasteiger partial charge >= 0.3 is 0 Å². The van der Waals surface area contributed by atoms with Crippen molar-refractivity contribution in [1.82, 2.24) is 19.5 Å². The van der Waals surface area contributed by atoms with E-state index < -0.39 is 0 Å². The van der Waals surface area contributed by atoms with Crippen molar-refractivity contribution in [3.05, 3.63) is 170 Å². The zero-order chi connectivity index (χ0) is 36.0. The number of para-hydroxylation sites is 3. The standard InChI is InChI=1S/C49H28N4O2/c1-2-12-29(13-3-1)47-50-48(32-22-23-37-35-17-7-10-20-43(35)54-45(37)26-32)52-49(51-47)40-28-33(27-39-36-18-8-11-21-44(36)55-46(39)40)53-41-19-9-6-16-34(41)38-24-30-14-4-5-15-31(30)25-42(38)53/h1-28H. The maximum Gasteiger partial charge on any atom is 0.167 e. The fourth-order valence-corrected chi connectivity index (χ4v) is 8.25. The highest BCUT2D eigenvalue weighted by Crippen LogP contribution is 2.41. The Bertz CT molecular complexity index is 3500. The van der Waals surface area contributed by atoms with E-state index in [1.165, 1.54) is 21.5 Å². The monoisotopic (exact) mass is 704 g/mol. The van der Waals surface area contributed by atoms with Crippen LogP contribution in [-0.4, -0.2) is 19.5 Å². The largest absolute Gasteiger partial charge is 0.456 e. The summed E-state index contributed by atoms with van der Waals surface area (Å²) in [5, 5.41) is 8.92. The average molecular weight is 705 g/mol. The van der Waals surface area contributed by atoms with Gasteiger partial charge in [0.1, 0.15) is 22.3 Å². The van der Waals surface area contributed by atoms with E-state index in [4.69, 9.17) is 23.8 Å². The zero-order valence-corrected chi connectivity index (χ0v) is 29.3. The summed E-state index contributed by atoms with van der Waals surface area (Å²) in [6, 6.07) is 58.7. The summed E-state index contributed by atoms with van der Waals surface area (Å²) in [6.45, 7) is 0. The van der Waals surface area contributed by atoms with Gasteiger partial charge in [-0.3, -0.25) is 0 Å². The van der Waals surface area contributed by atoms with Crippen LogP contribution in [-0.2, 0) is 0 Å². The predicted molar refractivity (Wildman–Crippen MR) is 223 cm³/mol. The third-order valence-corrected chi connectivity index (χ3v) is 10.8. The van der Waals surface area contributed by atoms with Gasteiger partial charge < -0.3 is 13.4 Å². The molecule has 0 saturated heterocycles. The lowest BCUT2D eigenvalue weighted by Crippen LogP contribution is -2.01. The summed E-state index contributed by atoms with van der Waals surface area (Å²) < 4.78 is 15.4. The third-order valence-electron chi connectivity index (χ3n) is 10.8. The molecule has 4 aromatic heterocycles. The molecule has 0 aliphatic carbocycles. The van der Waals surface area contributed by atoms with Crippen LogP contribution in [0, 0.1) is 0 Å². The Morgan fingerprint density at radius 3 is 1.80 bits per heavy atom. The molecule has 0 N–H and O–H groups in total. The topological polar surface area (TPSA) is 69.9 Å². The van der Waals surface area contributed by atoms with Crippen molar-refractivity contribution in [3.8, 4) is 39.9 Å². The Labute approximate surface area is 313 Å². The highest BCUT2D eigenvalue weighted by molar-refractivity contribution is 6.15. The molecule has 55 heavy (non-hydrogen) atoms. The minimum atomic E-state index is 0.519. The molecule has 0 aliphatic heterocycles. The average Bonchev–Trinajstić information content (AvgIpc) is 3.91. The second-order valence-electron chi connectivity index (χ2n) is 14.0. The smallest absolute Gasteiger partial charge is 0.167 e. The number of furan rings is 2. The summed E-state index contributed by atoms with van der Waals surface area (Å²) >= 11 is 0. The molecule has 12 aromatic rings. The lowest BCUT2D eigenvalue weighted by molar-refractivity contribution is 0.668. The van der Waals surface area contributed by atoms with Gasteiger partial charge in [0.15, 0.2) is 17.5 Å². The lowest BCUT2D eigenvalue weighted by atomic mass is 10.1. The first-order chi connectivity index (χ1) is 27.2. The quantitative estimate of drug-likeness (QED) is 0.182. The van der Waals surface area contributed by atoms with Gasteiger partial charge in [-0.05, 0) is 65.4 Å². The minimum Gasteiger partial charge on any atom is -0.456 e. The van der Waals surface area contributed by atoms with E-state index in [1.807, 2.05) is 66.7 Å². The summed E-state index contributed by atoms with van der Waals surface area (Å²) in [5.74, 6) is 1.64. The summed E-state index contributed by atoms with van der Waals surface area (Å²) in [7, 11) is 0. The van der Waals surface area contributed by atoms with Crippen molar-refractivity contribution in [3.63, 3.8) is 0 Å². The Balaban J connectivity index is 1.16. The van der Waals surface area contributed by atoms with Gasteiger partial charge in [-0.1, -0.05) is 115 Å². The van der Waals surface area contributed by atoms with Crippen LogP contribution in [0.5, 0.6) is 0 Å². The van der Waals surface area contributed by atoms with Crippen molar-refractivity contribution in [2.75, 3.05) is 0 Å². The molecule has 0 unspecified atom stereocenters. The van der Waals surface area contributed by atoms with E-state index in [-0.39, 0.29) is 0 Å². The molecule has 8 aromatic carbocycles. The van der Waals surface area contributed by atoms with Crippen LogP contribution >= 0.6 is 0 Å². The summed E-state index contributed by atoms with van der Waals surface area (Å²) in [6.07, 6.45) is 0. The maximum atomic E-state index is 6.70. The minimum absolute atomic E-state index is 0.519. The van der Waals surface area contributed by atoms with Crippen molar-refractivity contribution < 1.29 is 8.83 Å². The summed E-state index contributed by atoms with van der Waals surface area (Å²) in [4.78, 5) is 15.5. The van der Waals surface area contributed by atoms with Crippen molar-refractivity contribution in [1.29, 1.82) is 0 Å². The molecule has 0 radical (unpaired) electrons. The lowest BCUT2D eigenvalue weighted by Gasteiger charge is -2.13. The van der Waals surface area contributed by atoms with E-state index in [0.717, 1.165) is 77.3 Å². The first-order valence-corrected chi connectivity index (χ1v) is 18.3. The molecule has 0 aliphatic rings. The molecule has 0 amide bonds. The zero-order valence-electron chi connectivity index (χ0n) is 29.3. The number of aromatic nitrogens is 4. The second kappa shape index (κ2) is 11.5. The SMILES string of the molecule is c1ccc(-c2nc(-c3ccc4c(c3)oc3ccccc34)nc(-c3cc(-n4c5ccccc5c5cc6ccccc6cc54)cc4c3oc3ccccc34)n2)cc1. The Morgan fingerprint density at radius 2 is 0.982 bits per heavy atom. The molecule has 0 atom stereocenters. The molecule has 256 valence electrons. The Hall–Kier alpha value is -7.57. The van der Waals surface area contributed by atoms with Gasteiger partial charge in [0.25, 0.3) is 0 Å². The predicted octanol–water partition coefficient (Wildman–Crippen LogP) is 12.9. The molecule has 12 rings (SSSR count). The second-order valence-corrected chi connectivity index (χ2v) is 14.0. The van der Waals surface area contributed by atoms with E-state index >= 15 is 0 Å². The number of hydrogen-bond acceptors (Lipinski definition) is 5. The van der Waals surface area contributed by atoms with Gasteiger partial charge in [0, 0.05) is 49.1 Å². The summed E-state index contributed by atoms with van der Waals surface area (Å²) in [5.41, 5.74) is 8.88. The van der Waals surface area contributed by atoms with Crippen LogP contribution in [0.1, 0.15) is 0 Å². The molecule has 0 spiro atoms. The Kier molecular flexibility index (Phi) is 6.24. The van der Waals surface area contributed by atoms with Crippen LogP contribution in [0.25, 0.3) is 116 Å². The van der Waals surface area contributed by atoms with Crippen LogP contribution in [0.15, 0.2) is 179 Å². The van der Waals surface area contributed by atoms with Crippen LogP contribution in [0.4, 0.5) is 0 Å². The highest BCUT2D eigenvalue weighted by Gasteiger charge is 2.22. The molecule has 6 nitrogen and oxygen atoms in total. The van der Waals surface area contributed by atoms with E-state index in [0.29, 0.717) is 17.5 Å². The van der Waals surface area contributed by atoms with Gasteiger partial charge in [-0.15, -0.1) is 0 Å². The molecular formula is C49H28N4O2.